The van der Waals surface area contributed by atoms with Crippen LogP contribution in [-0.4, -0.2) is 70.0 Å². The Bertz CT molecular complexity index is 564. The van der Waals surface area contributed by atoms with Crippen LogP contribution in [-0.2, 0) is 9.47 Å². The van der Waals surface area contributed by atoms with Gasteiger partial charge in [0.2, 0.25) is 0 Å². The predicted octanol–water partition coefficient (Wildman–Crippen LogP) is 1.71. The third kappa shape index (κ3) is 5.43. The SMILES string of the molecule is CN=C(NCC1CCCO1)NCC(c1ccc(C)cc1)N1CCOCC1. The molecule has 2 aliphatic rings. The van der Waals surface area contributed by atoms with Crippen LogP contribution in [0.15, 0.2) is 29.3 Å². The molecule has 1 aromatic carbocycles. The van der Waals surface area contributed by atoms with Crippen molar-refractivity contribution >= 4 is 5.96 Å². The van der Waals surface area contributed by atoms with Gasteiger partial charge in [-0.15, -0.1) is 0 Å². The summed E-state index contributed by atoms with van der Waals surface area (Å²) in [6.45, 7) is 8.15. The molecular formula is C20H32N4O2. The standard InChI is InChI=1S/C20H32N4O2/c1-16-5-7-17(8-6-16)19(24-9-12-25-13-10-24)15-23-20(21-2)22-14-18-4-3-11-26-18/h5-8,18-19H,3-4,9-15H2,1-2H3,(H2,21,22,23). The second kappa shape index (κ2) is 9.90. The van der Waals surface area contributed by atoms with Crippen molar-refractivity contribution in [3.63, 3.8) is 0 Å². The molecule has 0 amide bonds. The zero-order valence-electron chi connectivity index (χ0n) is 16.0. The van der Waals surface area contributed by atoms with Crippen LogP contribution in [0, 0.1) is 6.92 Å². The summed E-state index contributed by atoms with van der Waals surface area (Å²) in [6.07, 6.45) is 2.59. The second-order valence-corrected chi connectivity index (χ2v) is 7.04. The van der Waals surface area contributed by atoms with Crippen molar-refractivity contribution in [3.05, 3.63) is 35.4 Å². The summed E-state index contributed by atoms with van der Waals surface area (Å²) in [4.78, 5) is 6.86. The van der Waals surface area contributed by atoms with E-state index in [0.717, 1.165) is 64.8 Å². The summed E-state index contributed by atoms with van der Waals surface area (Å²) in [7, 11) is 1.82. The largest absolute Gasteiger partial charge is 0.379 e. The highest BCUT2D eigenvalue weighted by molar-refractivity contribution is 5.79. The van der Waals surface area contributed by atoms with E-state index in [1.807, 2.05) is 7.05 Å². The first-order valence-corrected chi connectivity index (χ1v) is 9.71. The monoisotopic (exact) mass is 360 g/mol. The number of guanidine groups is 1. The lowest BCUT2D eigenvalue weighted by Crippen LogP contribution is -2.47. The van der Waals surface area contributed by atoms with Gasteiger partial charge in [-0.2, -0.15) is 0 Å². The van der Waals surface area contributed by atoms with E-state index < -0.39 is 0 Å². The summed E-state index contributed by atoms with van der Waals surface area (Å²) in [5, 5.41) is 6.91. The van der Waals surface area contributed by atoms with Gasteiger partial charge in [-0.25, -0.2) is 0 Å². The molecule has 144 valence electrons. The fourth-order valence-corrected chi connectivity index (χ4v) is 3.57. The molecule has 1 aromatic rings. The molecule has 2 aliphatic heterocycles. The molecule has 0 radical (unpaired) electrons. The Balaban J connectivity index is 1.59. The van der Waals surface area contributed by atoms with Crippen LogP contribution in [0.3, 0.4) is 0 Å². The van der Waals surface area contributed by atoms with E-state index in [1.54, 1.807) is 0 Å². The number of aryl methyl sites for hydroxylation is 1. The maximum absolute atomic E-state index is 5.68. The molecule has 26 heavy (non-hydrogen) atoms. The minimum Gasteiger partial charge on any atom is -0.379 e. The van der Waals surface area contributed by atoms with E-state index in [4.69, 9.17) is 9.47 Å². The first-order valence-electron chi connectivity index (χ1n) is 9.71. The van der Waals surface area contributed by atoms with Crippen molar-refractivity contribution in [2.45, 2.75) is 31.9 Å². The Morgan fingerprint density at radius 1 is 1.19 bits per heavy atom. The van der Waals surface area contributed by atoms with Crippen molar-refractivity contribution in [2.24, 2.45) is 4.99 Å². The van der Waals surface area contributed by atoms with E-state index in [0.29, 0.717) is 12.1 Å². The normalized spacial score (nSPS) is 23.0. The van der Waals surface area contributed by atoms with Gasteiger partial charge >= 0.3 is 0 Å². The van der Waals surface area contributed by atoms with Gasteiger partial charge in [-0.05, 0) is 25.3 Å². The fraction of sp³-hybridized carbons (Fsp3) is 0.650. The van der Waals surface area contributed by atoms with Gasteiger partial charge in [0.05, 0.1) is 25.4 Å². The van der Waals surface area contributed by atoms with Crippen LogP contribution < -0.4 is 10.6 Å². The van der Waals surface area contributed by atoms with Crippen LogP contribution in [0.2, 0.25) is 0 Å². The smallest absolute Gasteiger partial charge is 0.191 e. The van der Waals surface area contributed by atoms with E-state index in [-0.39, 0.29) is 0 Å². The minimum absolute atomic E-state index is 0.306. The molecule has 6 nitrogen and oxygen atoms in total. The molecule has 6 heteroatoms. The quantitative estimate of drug-likeness (QED) is 0.597. The van der Waals surface area contributed by atoms with Gasteiger partial charge in [-0.1, -0.05) is 29.8 Å². The van der Waals surface area contributed by atoms with Gasteiger partial charge in [0.25, 0.3) is 0 Å². The van der Waals surface area contributed by atoms with Crippen LogP contribution >= 0.6 is 0 Å². The minimum atomic E-state index is 0.306. The first-order chi connectivity index (χ1) is 12.8. The highest BCUT2D eigenvalue weighted by atomic mass is 16.5. The lowest BCUT2D eigenvalue weighted by Gasteiger charge is -2.35. The Hall–Kier alpha value is -1.63. The second-order valence-electron chi connectivity index (χ2n) is 7.04. The van der Waals surface area contributed by atoms with Crippen molar-refractivity contribution in [2.75, 3.05) is 53.0 Å². The number of morpholine rings is 1. The van der Waals surface area contributed by atoms with E-state index in [1.165, 1.54) is 11.1 Å². The summed E-state index contributed by atoms with van der Waals surface area (Å²) >= 11 is 0. The Morgan fingerprint density at radius 2 is 1.96 bits per heavy atom. The average molecular weight is 361 g/mol. The van der Waals surface area contributed by atoms with Crippen LogP contribution in [0.5, 0.6) is 0 Å². The Labute approximate surface area is 157 Å². The van der Waals surface area contributed by atoms with E-state index in [2.05, 4.69) is 51.7 Å². The maximum atomic E-state index is 5.68. The van der Waals surface area contributed by atoms with Crippen LogP contribution in [0.1, 0.15) is 30.0 Å². The molecule has 0 saturated carbocycles. The number of hydrogen-bond donors (Lipinski definition) is 2. The summed E-state index contributed by atoms with van der Waals surface area (Å²) in [5.41, 5.74) is 2.62. The van der Waals surface area contributed by atoms with Crippen molar-refractivity contribution in [3.8, 4) is 0 Å². The number of ether oxygens (including phenoxy) is 2. The lowest BCUT2D eigenvalue weighted by molar-refractivity contribution is 0.0170. The van der Waals surface area contributed by atoms with Crippen molar-refractivity contribution in [1.82, 2.24) is 15.5 Å². The van der Waals surface area contributed by atoms with Crippen LogP contribution in [0.4, 0.5) is 0 Å². The lowest BCUT2D eigenvalue weighted by atomic mass is 10.0. The first kappa shape index (κ1) is 19.1. The number of rotatable bonds is 6. The maximum Gasteiger partial charge on any atom is 0.191 e. The highest BCUT2D eigenvalue weighted by Gasteiger charge is 2.23. The number of nitrogens with zero attached hydrogens (tertiary/aromatic N) is 2. The summed E-state index contributed by atoms with van der Waals surface area (Å²) in [5.74, 6) is 0.839. The van der Waals surface area contributed by atoms with Gasteiger partial charge in [0.15, 0.2) is 5.96 Å². The zero-order valence-corrected chi connectivity index (χ0v) is 16.0. The number of aliphatic imine (C=N–C) groups is 1. The van der Waals surface area contributed by atoms with E-state index >= 15 is 0 Å². The fourth-order valence-electron chi connectivity index (χ4n) is 3.57. The molecule has 2 saturated heterocycles. The van der Waals surface area contributed by atoms with Gasteiger partial charge in [-0.3, -0.25) is 9.89 Å². The average Bonchev–Trinajstić information content (AvgIpc) is 3.20. The molecule has 2 heterocycles. The van der Waals surface area contributed by atoms with Crippen LogP contribution in [0.25, 0.3) is 0 Å². The highest BCUT2D eigenvalue weighted by Crippen LogP contribution is 2.21. The Morgan fingerprint density at radius 3 is 2.62 bits per heavy atom. The van der Waals surface area contributed by atoms with Gasteiger partial charge < -0.3 is 20.1 Å². The zero-order chi connectivity index (χ0) is 18.2. The molecule has 0 aromatic heterocycles. The van der Waals surface area contributed by atoms with Crippen molar-refractivity contribution < 1.29 is 9.47 Å². The predicted molar refractivity (Wildman–Crippen MR) is 105 cm³/mol. The third-order valence-electron chi connectivity index (χ3n) is 5.16. The molecule has 0 spiro atoms. The van der Waals surface area contributed by atoms with Gasteiger partial charge in [0, 0.05) is 39.8 Å². The molecule has 2 atom stereocenters. The molecule has 3 rings (SSSR count). The molecular weight excluding hydrogens is 328 g/mol. The molecule has 0 bridgehead atoms. The topological polar surface area (TPSA) is 58.1 Å². The summed E-state index contributed by atoms with van der Waals surface area (Å²) in [6, 6.07) is 9.15. The number of nitrogens with one attached hydrogen (secondary N) is 2. The molecule has 2 fully saturated rings. The summed E-state index contributed by atoms with van der Waals surface area (Å²) < 4.78 is 11.2. The molecule has 2 N–H and O–H groups in total. The molecule has 2 unspecified atom stereocenters. The number of hydrogen-bond acceptors (Lipinski definition) is 4. The molecule has 0 aliphatic carbocycles. The third-order valence-corrected chi connectivity index (χ3v) is 5.16. The number of benzene rings is 1. The van der Waals surface area contributed by atoms with E-state index in [9.17, 15) is 0 Å². The van der Waals surface area contributed by atoms with Crippen molar-refractivity contribution in [1.29, 1.82) is 0 Å². The Kier molecular flexibility index (Phi) is 7.29. The van der Waals surface area contributed by atoms with Gasteiger partial charge in [0.1, 0.15) is 0 Å².